The molecule has 18 heavy (non-hydrogen) atoms. The molecule has 1 aromatic rings. The minimum absolute atomic E-state index is 0.0721. The van der Waals surface area contributed by atoms with Crippen LogP contribution >= 0.6 is 0 Å². The van der Waals surface area contributed by atoms with Crippen molar-refractivity contribution < 1.29 is 14.6 Å². The van der Waals surface area contributed by atoms with Gasteiger partial charge in [0.15, 0.2) is 0 Å². The van der Waals surface area contributed by atoms with E-state index in [2.05, 4.69) is 5.32 Å². The van der Waals surface area contributed by atoms with Gasteiger partial charge in [-0.25, -0.2) is 0 Å². The Morgan fingerprint density at radius 1 is 1.39 bits per heavy atom. The van der Waals surface area contributed by atoms with Gasteiger partial charge in [-0.15, -0.1) is 0 Å². The summed E-state index contributed by atoms with van der Waals surface area (Å²) in [4.78, 5) is 13.3. The van der Waals surface area contributed by atoms with Crippen LogP contribution in [0.1, 0.15) is 6.92 Å². The van der Waals surface area contributed by atoms with Gasteiger partial charge >= 0.3 is 0 Å². The summed E-state index contributed by atoms with van der Waals surface area (Å²) in [7, 11) is 1.90. The van der Waals surface area contributed by atoms with Crippen molar-refractivity contribution in [3.05, 3.63) is 24.3 Å². The predicted octanol–water partition coefficient (Wildman–Crippen LogP) is 1.09. The second-order valence-corrected chi connectivity index (χ2v) is 3.88. The summed E-state index contributed by atoms with van der Waals surface area (Å²) in [6.45, 7) is 3.14. The normalized spacial score (nSPS) is 10.2. The van der Waals surface area contributed by atoms with Crippen LogP contribution in [0.15, 0.2) is 24.3 Å². The highest BCUT2D eigenvalue weighted by atomic mass is 16.5. The van der Waals surface area contributed by atoms with Crippen molar-refractivity contribution in [2.75, 3.05) is 43.6 Å². The van der Waals surface area contributed by atoms with Gasteiger partial charge in [-0.05, 0) is 31.2 Å². The van der Waals surface area contributed by atoms with Crippen molar-refractivity contribution >= 4 is 17.3 Å². The summed E-state index contributed by atoms with van der Waals surface area (Å²) in [6.07, 6.45) is 0. The third kappa shape index (κ3) is 4.73. The van der Waals surface area contributed by atoms with Crippen LogP contribution in [0, 0.1) is 0 Å². The molecule has 2 N–H and O–H groups in total. The van der Waals surface area contributed by atoms with Gasteiger partial charge in [-0.1, -0.05) is 0 Å². The largest absolute Gasteiger partial charge is 0.395 e. The predicted molar refractivity (Wildman–Crippen MR) is 71.9 cm³/mol. The Kier molecular flexibility index (Phi) is 6.18. The zero-order valence-electron chi connectivity index (χ0n) is 10.8. The summed E-state index contributed by atoms with van der Waals surface area (Å²) in [5, 5.41) is 11.6. The molecule has 1 amide bonds. The molecule has 0 saturated carbocycles. The van der Waals surface area contributed by atoms with Crippen LogP contribution in [0.3, 0.4) is 0 Å². The molecule has 0 radical (unpaired) electrons. The number of nitrogens with one attached hydrogen (secondary N) is 1. The van der Waals surface area contributed by atoms with E-state index in [0.717, 1.165) is 11.4 Å². The SMILES string of the molecule is CCOCC(=O)Nc1ccc(N(C)CCO)cc1. The van der Waals surface area contributed by atoms with Crippen LogP contribution in [0.2, 0.25) is 0 Å². The van der Waals surface area contributed by atoms with E-state index in [4.69, 9.17) is 9.84 Å². The number of carbonyl (C=O) groups excluding carboxylic acids is 1. The first-order chi connectivity index (χ1) is 8.67. The number of ether oxygens (including phenoxy) is 1. The Morgan fingerprint density at radius 2 is 2.06 bits per heavy atom. The zero-order valence-corrected chi connectivity index (χ0v) is 10.8. The lowest BCUT2D eigenvalue weighted by Crippen LogP contribution is -2.21. The van der Waals surface area contributed by atoms with Gasteiger partial charge in [0.25, 0.3) is 0 Å². The van der Waals surface area contributed by atoms with E-state index in [1.165, 1.54) is 0 Å². The highest BCUT2D eigenvalue weighted by Crippen LogP contribution is 2.16. The Labute approximate surface area is 107 Å². The summed E-state index contributed by atoms with van der Waals surface area (Å²) in [6, 6.07) is 7.44. The van der Waals surface area contributed by atoms with Crippen molar-refractivity contribution in [2.24, 2.45) is 0 Å². The first-order valence-corrected chi connectivity index (χ1v) is 5.97. The first-order valence-electron chi connectivity index (χ1n) is 5.97. The fourth-order valence-corrected chi connectivity index (χ4v) is 1.47. The van der Waals surface area contributed by atoms with Gasteiger partial charge < -0.3 is 20.1 Å². The molecule has 0 fully saturated rings. The molecule has 1 rings (SSSR count). The number of nitrogens with zero attached hydrogens (tertiary/aromatic N) is 1. The van der Waals surface area contributed by atoms with Gasteiger partial charge in [0.05, 0.1) is 6.61 Å². The highest BCUT2D eigenvalue weighted by molar-refractivity contribution is 5.91. The van der Waals surface area contributed by atoms with E-state index in [9.17, 15) is 4.79 Å². The fourth-order valence-electron chi connectivity index (χ4n) is 1.47. The Morgan fingerprint density at radius 3 is 2.61 bits per heavy atom. The van der Waals surface area contributed by atoms with Gasteiger partial charge in [0, 0.05) is 31.6 Å². The average Bonchev–Trinajstić information content (AvgIpc) is 2.37. The number of rotatable bonds is 7. The van der Waals surface area contributed by atoms with Gasteiger partial charge in [0.1, 0.15) is 6.61 Å². The molecule has 0 aliphatic rings. The van der Waals surface area contributed by atoms with E-state index in [1.807, 2.05) is 43.1 Å². The topological polar surface area (TPSA) is 61.8 Å². The summed E-state index contributed by atoms with van der Waals surface area (Å²) in [5.41, 5.74) is 1.73. The van der Waals surface area contributed by atoms with Crippen molar-refractivity contribution in [3.63, 3.8) is 0 Å². The number of hydrogen-bond donors (Lipinski definition) is 2. The van der Waals surface area contributed by atoms with Crippen LogP contribution in [0.4, 0.5) is 11.4 Å². The average molecular weight is 252 g/mol. The fraction of sp³-hybridized carbons (Fsp3) is 0.462. The molecule has 0 bridgehead atoms. The molecule has 0 aromatic heterocycles. The molecule has 5 nitrogen and oxygen atoms in total. The summed E-state index contributed by atoms with van der Waals surface area (Å²) in [5.74, 6) is -0.159. The molecule has 1 aromatic carbocycles. The summed E-state index contributed by atoms with van der Waals surface area (Å²) < 4.78 is 5.01. The number of benzene rings is 1. The van der Waals surface area contributed by atoms with Crippen LogP contribution in [0.5, 0.6) is 0 Å². The quantitative estimate of drug-likeness (QED) is 0.762. The minimum atomic E-state index is -0.159. The molecule has 0 spiro atoms. The monoisotopic (exact) mass is 252 g/mol. The maximum Gasteiger partial charge on any atom is 0.250 e. The van der Waals surface area contributed by atoms with E-state index in [1.54, 1.807) is 0 Å². The van der Waals surface area contributed by atoms with Crippen molar-refractivity contribution in [3.8, 4) is 0 Å². The number of aliphatic hydroxyl groups excluding tert-OH is 1. The zero-order chi connectivity index (χ0) is 13.4. The number of likely N-dealkylation sites (N-methyl/N-ethyl adjacent to an activating group) is 1. The lowest BCUT2D eigenvalue weighted by Gasteiger charge is -2.18. The Bertz CT molecular complexity index is 365. The molecular formula is C13H20N2O3. The van der Waals surface area contributed by atoms with E-state index in [0.29, 0.717) is 13.2 Å². The Hall–Kier alpha value is -1.59. The van der Waals surface area contributed by atoms with Crippen LogP contribution in [-0.4, -0.2) is 44.4 Å². The van der Waals surface area contributed by atoms with Crippen molar-refractivity contribution in [1.29, 1.82) is 0 Å². The van der Waals surface area contributed by atoms with E-state index < -0.39 is 0 Å². The van der Waals surface area contributed by atoms with Crippen LogP contribution in [0.25, 0.3) is 0 Å². The molecule has 0 unspecified atom stereocenters. The molecule has 0 aliphatic heterocycles. The molecule has 0 saturated heterocycles. The minimum Gasteiger partial charge on any atom is -0.395 e. The molecule has 0 atom stereocenters. The maximum atomic E-state index is 11.4. The van der Waals surface area contributed by atoms with Gasteiger partial charge in [-0.2, -0.15) is 0 Å². The first kappa shape index (κ1) is 14.5. The number of carbonyl (C=O) groups is 1. The lowest BCUT2D eigenvalue weighted by molar-refractivity contribution is -0.120. The number of aliphatic hydroxyl groups is 1. The van der Waals surface area contributed by atoms with Crippen molar-refractivity contribution in [2.45, 2.75) is 6.92 Å². The molecule has 100 valence electrons. The highest BCUT2D eigenvalue weighted by Gasteiger charge is 2.03. The maximum absolute atomic E-state index is 11.4. The lowest BCUT2D eigenvalue weighted by atomic mass is 10.2. The van der Waals surface area contributed by atoms with Crippen molar-refractivity contribution in [1.82, 2.24) is 0 Å². The third-order valence-corrected chi connectivity index (χ3v) is 2.46. The molecule has 5 heteroatoms. The standard InChI is InChI=1S/C13H20N2O3/c1-3-18-10-13(17)14-11-4-6-12(7-5-11)15(2)8-9-16/h4-7,16H,3,8-10H2,1-2H3,(H,14,17). The van der Waals surface area contributed by atoms with E-state index in [-0.39, 0.29) is 19.1 Å². The number of anilines is 2. The number of hydrogen-bond acceptors (Lipinski definition) is 4. The molecule has 0 heterocycles. The van der Waals surface area contributed by atoms with Gasteiger partial charge in [0.2, 0.25) is 5.91 Å². The Balaban J connectivity index is 2.52. The van der Waals surface area contributed by atoms with Crippen LogP contribution < -0.4 is 10.2 Å². The van der Waals surface area contributed by atoms with Crippen LogP contribution in [-0.2, 0) is 9.53 Å². The second kappa shape index (κ2) is 7.68. The van der Waals surface area contributed by atoms with E-state index >= 15 is 0 Å². The molecular weight excluding hydrogens is 232 g/mol. The number of amides is 1. The summed E-state index contributed by atoms with van der Waals surface area (Å²) >= 11 is 0. The molecule has 0 aliphatic carbocycles. The third-order valence-electron chi connectivity index (χ3n) is 2.46. The van der Waals surface area contributed by atoms with Gasteiger partial charge in [-0.3, -0.25) is 4.79 Å². The smallest absolute Gasteiger partial charge is 0.250 e. The second-order valence-electron chi connectivity index (χ2n) is 3.88.